The van der Waals surface area contributed by atoms with Crippen molar-refractivity contribution < 1.29 is 0 Å². The van der Waals surface area contributed by atoms with Crippen molar-refractivity contribution in [2.24, 2.45) is 0 Å². The minimum Gasteiger partial charge on any atom is -0.364 e. The summed E-state index contributed by atoms with van der Waals surface area (Å²) in [5.74, 6) is 0. The maximum Gasteiger partial charge on any atom is 0.162 e. The summed E-state index contributed by atoms with van der Waals surface area (Å²) in [7, 11) is 0. The van der Waals surface area contributed by atoms with Gasteiger partial charge in [-0.1, -0.05) is 42.5 Å². The summed E-state index contributed by atoms with van der Waals surface area (Å²) < 4.78 is 1.84. The van der Waals surface area contributed by atoms with Gasteiger partial charge in [-0.05, 0) is 48.6 Å². The summed E-state index contributed by atoms with van der Waals surface area (Å²) in [6.45, 7) is 6.53. The van der Waals surface area contributed by atoms with Crippen LogP contribution in [0.3, 0.4) is 0 Å². The number of nitrogens with zero attached hydrogens (tertiary/aromatic N) is 5. The number of rotatable bonds is 3. The number of nitrogens with one attached hydrogen (secondary N) is 1. The van der Waals surface area contributed by atoms with E-state index in [9.17, 15) is 5.26 Å². The zero-order valence-corrected chi connectivity index (χ0v) is 19.8. The second kappa shape index (κ2) is 8.53. The van der Waals surface area contributed by atoms with Gasteiger partial charge >= 0.3 is 0 Å². The van der Waals surface area contributed by atoms with Gasteiger partial charge in [0.05, 0.1) is 17.8 Å². The van der Waals surface area contributed by atoms with Crippen LogP contribution in [0.25, 0.3) is 38.7 Å². The second-order valence-corrected chi connectivity index (χ2v) is 9.30. The van der Waals surface area contributed by atoms with Gasteiger partial charge in [0.25, 0.3) is 0 Å². The molecule has 2 atom stereocenters. The first-order valence-corrected chi connectivity index (χ1v) is 12.0. The van der Waals surface area contributed by atoms with Crippen molar-refractivity contribution in [1.82, 2.24) is 19.9 Å². The Labute approximate surface area is 204 Å². The fourth-order valence-electron chi connectivity index (χ4n) is 5.32. The Morgan fingerprint density at radius 3 is 2.37 bits per heavy atom. The van der Waals surface area contributed by atoms with E-state index in [4.69, 9.17) is 4.98 Å². The minimum atomic E-state index is 0.461. The van der Waals surface area contributed by atoms with Gasteiger partial charge in [0.15, 0.2) is 5.65 Å². The highest BCUT2D eigenvalue weighted by Gasteiger charge is 2.24. The average Bonchev–Trinajstić information content (AvgIpc) is 3.31. The van der Waals surface area contributed by atoms with Crippen LogP contribution in [0.5, 0.6) is 0 Å². The van der Waals surface area contributed by atoms with Gasteiger partial charge in [-0.3, -0.25) is 0 Å². The minimum absolute atomic E-state index is 0.461. The third-order valence-electron chi connectivity index (χ3n) is 7.02. The Balaban J connectivity index is 1.36. The van der Waals surface area contributed by atoms with Crippen LogP contribution in [0.4, 0.5) is 5.69 Å². The Morgan fingerprint density at radius 2 is 1.60 bits per heavy atom. The van der Waals surface area contributed by atoms with Gasteiger partial charge in [0, 0.05) is 59.8 Å². The first kappa shape index (κ1) is 21.3. The molecule has 6 heteroatoms. The molecule has 0 saturated carbocycles. The number of anilines is 1. The highest BCUT2D eigenvalue weighted by Crippen LogP contribution is 2.33. The van der Waals surface area contributed by atoms with Crippen LogP contribution in [-0.4, -0.2) is 39.8 Å². The zero-order valence-electron chi connectivity index (χ0n) is 19.8. The number of piperazine rings is 1. The molecule has 0 bridgehead atoms. The van der Waals surface area contributed by atoms with Crippen LogP contribution in [0, 0.1) is 11.3 Å². The fourth-order valence-corrected chi connectivity index (χ4v) is 5.32. The molecule has 0 amide bonds. The van der Waals surface area contributed by atoms with Crippen molar-refractivity contribution in [2.45, 2.75) is 25.9 Å². The summed E-state index contributed by atoms with van der Waals surface area (Å²) in [6.07, 6.45) is 5.80. The maximum atomic E-state index is 9.50. The molecule has 1 aliphatic heterocycles. The fraction of sp³-hybridized carbons (Fsp3) is 0.207. The van der Waals surface area contributed by atoms with Gasteiger partial charge in [-0.2, -0.15) is 10.4 Å². The van der Waals surface area contributed by atoms with E-state index in [-0.39, 0.29) is 0 Å². The molecule has 172 valence electrons. The van der Waals surface area contributed by atoms with E-state index < -0.39 is 0 Å². The monoisotopic (exact) mass is 458 g/mol. The number of hydrogen-bond acceptors (Lipinski definition) is 5. The molecule has 6 nitrogen and oxygen atoms in total. The molecule has 35 heavy (non-hydrogen) atoms. The molecule has 2 aromatic heterocycles. The molecule has 6 rings (SSSR count). The van der Waals surface area contributed by atoms with Crippen molar-refractivity contribution in [3.05, 3.63) is 84.8 Å². The van der Waals surface area contributed by atoms with E-state index >= 15 is 0 Å². The maximum absolute atomic E-state index is 9.50. The van der Waals surface area contributed by atoms with E-state index in [0.717, 1.165) is 51.8 Å². The number of hydrogen-bond donors (Lipinski definition) is 1. The molecule has 1 N–H and O–H groups in total. The number of nitriles is 1. The second-order valence-electron chi connectivity index (χ2n) is 9.30. The standard InChI is InChI=1S/C29H26N6/c1-19-14-31-15-20(2)35(19)24-11-9-21(10-12-24)23-16-32-29-28(17-33-34(29)18-23)27-8-4-6-25-22(13-30)5-3-7-26(25)27/h3-12,16-20,31H,14-15H2,1-2H3/t19-,20+. The van der Waals surface area contributed by atoms with Crippen molar-refractivity contribution in [2.75, 3.05) is 18.0 Å². The van der Waals surface area contributed by atoms with Crippen molar-refractivity contribution in [3.8, 4) is 28.3 Å². The van der Waals surface area contributed by atoms with Gasteiger partial charge in [-0.25, -0.2) is 9.50 Å². The van der Waals surface area contributed by atoms with E-state index in [1.165, 1.54) is 5.69 Å². The Hall–Kier alpha value is -4.21. The third-order valence-corrected chi connectivity index (χ3v) is 7.02. The van der Waals surface area contributed by atoms with Crippen LogP contribution < -0.4 is 10.2 Å². The van der Waals surface area contributed by atoms with E-state index in [0.29, 0.717) is 17.6 Å². The van der Waals surface area contributed by atoms with Crippen molar-refractivity contribution in [1.29, 1.82) is 5.26 Å². The van der Waals surface area contributed by atoms with Gasteiger partial charge in [-0.15, -0.1) is 0 Å². The molecule has 1 saturated heterocycles. The molecule has 3 aromatic carbocycles. The van der Waals surface area contributed by atoms with Gasteiger partial charge < -0.3 is 10.2 Å². The third kappa shape index (κ3) is 3.61. The van der Waals surface area contributed by atoms with Crippen LogP contribution in [0.2, 0.25) is 0 Å². The topological polar surface area (TPSA) is 69.2 Å². The van der Waals surface area contributed by atoms with E-state index in [2.05, 4.69) is 65.6 Å². The van der Waals surface area contributed by atoms with Crippen LogP contribution >= 0.6 is 0 Å². The molecule has 0 unspecified atom stereocenters. The largest absolute Gasteiger partial charge is 0.364 e. The Bertz CT molecular complexity index is 1570. The highest BCUT2D eigenvalue weighted by molar-refractivity contribution is 6.01. The first-order valence-electron chi connectivity index (χ1n) is 12.0. The predicted molar refractivity (Wildman–Crippen MR) is 140 cm³/mol. The van der Waals surface area contributed by atoms with E-state index in [1.807, 2.05) is 53.4 Å². The number of fused-ring (bicyclic) bond motifs is 2. The first-order chi connectivity index (χ1) is 17.1. The molecule has 3 heterocycles. The number of benzene rings is 3. The van der Waals surface area contributed by atoms with Crippen LogP contribution in [0.15, 0.2) is 79.3 Å². The Kier molecular flexibility index (Phi) is 5.20. The predicted octanol–water partition coefficient (Wildman–Crippen LogP) is 5.27. The summed E-state index contributed by atoms with van der Waals surface area (Å²) in [6, 6.07) is 23.8. The summed E-state index contributed by atoms with van der Waals surface area (Å²) >= 11 is 0. The summed E-state index contributed by atoms with van der Waals surface area (Å²) in [4.78, 5) is 7.29. The van der Waals surface area contributed by atoms with Crippen molar-refractivity contribution in [3.63, 3.8) is 0 Å². The van der Waals surface area contributed by atoms with Gasteiger partial charge in [0.2, 0.25) is 0 Å². The lowest BCUT2D eigenvalue weighted by atomic mass is 9.97. The number of aromatic nitrogens is 3. The SMILES string of the molecule is C[C@@H]1CNC[C@H](C)N1c1ccc(-c2cnc3c(-c4cccc5c(C#N)cccc45)cnn3c2)cc1. The molecule has 0 spiro atoms. The van der Waals surface area contributed by atoms with Gasteiger partial charge in [0.1, 0.15) is 0 Å². The molecule has 1 aliphatic rings. The van der Waals surface area contributed by atoms with E-state index in [1.54, 1.807) is 0 Å². The summed E-state index contributed by atoms with van der Waals surface area (Å²) in [5, 5.41) is 19.6. The lowest BCUT2D eigenvalue weighted by molar-refractivity contribution is 0.432. The Morgan fingerprint density at radius 1 is 0.857 bits per heavy atom. The molecule has 0 radical (unpaired) electrons. The molecular formula is C29H26N6. The van der Waals surface area contributed by atoms with Crippen molar-refractivity contribution >= 4 is 22.1 Å². The van der Waals surface area contributed by atoms with Crippen LogP contribution in [0.1, 0.15) is 19.4 Å². The lowest BCUT2D eigenvalue weighted by Gasteiger charge is -2.41. The molecule has 0 aliphatic carbocycles. The normalized spacial score (nSPS) is 18.1. The quantitative estimate of drug-likeness (QED) is 0.399. The van der Waals surface area contributed by atoms with Crippen LogP contribution in [-0.2, 0) is 0 Å². The molecule has 1 fully saturated rings. The zero-order chi connectivity index (χ0) is 23.9. The highest BCUT2D eigenvalue weighted by atomic mass is 15.2. The molecule has 5 aromatic rings. The smallest absolute Gasteiger partial charge is 0.162 e. The molecular weight excluding hydrogens is 432 g/mol. The lowest BCUT2D eigenvalue weighted by Crippen LogP contribution is -2.55. The average molecular weight is 459 g/mol. The summed E-state index contributed by atoms with van der Waals surface area (Å²) in [5.41, 5.74) is 6.82.